The molecule has 1 aliphatic rings. The van der Waals surface area contributed by atoms with Crippen molar-refractivity contribution >= 4 is 17.4 Å². The number of carbonyl (C=O) groups excluding carboxylic acids is 1. The van der Waals surface area contributed by atoms with Crippen molar-refractivity contribution < 1.29 is 14.3 Å². The number of rotatable bonds is 5. The number of carbonyl (C=O) groups is 1. The van der Waals surface area contributed by atoms with Crippen LogP contribution in [0.25, 0.3) is 0 Å². The second-order valence-corrected chi connectivity index (χ2v) is 5.23. The third kappa shape index (κ3) is 2.54. The lowest BCUT2D eigenvalue weighted by atomic mass is 9.95. The quantitative estimate of drug-likeness (QED) is 0.797. The summed E-state index contributed by atoms with van der Waals surface area (Å²) in [5, 5.41) is 4.51. The van der Waals surface area contributed by atoms with Gasteiger partial charge in [-0.1, -0.05) is 29.8 Å². The number of fused-ring (bicyclic) bond motifs is 1. The predicted molar refractivity (Wildman–Crippen MR) is 78.1 cm³/mol. The highest BCUT2D eigenvalue weighted by molar-refractivity contribution is 6.33. The van der Waals surface area contributed by atoms with Crippen LogP contribution in [-0.2, 0) is 11.3 Å². The standard InChI is InChI=1S/C15H15ClN2O3/c1-20-7-6-18-14(12(16)8-17-18)15(19)11-9-21-13-5-3-2-4-10(11)13/h2-5,8,11H,6-7,9H2,1H3. The summed E-state index contributed by atoms with van der Waals surface area (Å²) in [6.07, 6.45) is 1.49. The Morgan fingerprint density at radius 1 is 1.52 bits per heavy atom. The molecule has 5 nitrogen and oxygen atoms in total. The fraction of sp³-hybridized carbons (Fsp3) is 0.333. The van der Waals surface area contributed by atoms with Crippen molar-refractivity contribution in [2.24, 2.45) is 0 Å². The molecule has 1 aliphatic heterocycles. The number of halogens is 1. The number of ketones is 1. The predicted octanol–water partition coefficient (Wildman–Crippen LogP) is 2.54. The van der Waals surface area contributed by atoms with Crippen LogP contribution >= 0.6 is 11.6 Å². The number of hydrogen-bond acceptors (Lipinski definition) is 4. The molecule has 0 N–H and O–H groups in total. The molecule has 21 heavy (non-hydrogen) atoms. The second kappa shape index (κ2) is 5.87. The molecule has 0 radical (unpaired) electrons. The van der Waals surface area contributed by atoms with E-state index in [-0.39, 0.29) is 11.7 Å². The van der Waals surface area contributed by atoms with E-state index in [4.69, 9.17) is 21.1 Å². The third-order valence-corrected chi connectivity index (χ3v) is 3.83. The maximum absolute atomic E-state index is 12.8. The summed E-state index contributed by atoms with van der Waals surface area (Å²) in [5.41, 5.74) is 1.32. The van der Waals surface area contributed by atoms with Gasteiger partial charge in [0.15, 0.2) is 5.78 Å². The van der Waals surface area contributed by atoms with Gasteiger partial charge < -0.3 is 9.47 Å². The first-order valence-electron chi connectivity index (χ1n) is 6.68. The van der Waals surface area contributed by atoms with Gasteiger partial charge in [0.2, 0.25) is 0 Å². The van der Waals surface area contributed by atoms with E-state index in [2.05, 4.69) is 5.10 Å². The average molecular weight is 307 g/mol. The van der Waals surface area contributed by atoms with Crippen LogP contribution in [0.5, 0.6) is 5.75 Å². The zero-order chi connectivity index (χ0) is 14.8. The summed E-state index contributed by atoms with van der Waals surface area (Å²) in [4.78, 5) is 12.8. The summed E-state index contributed by atoms with van der Waals surface area (Å²) < 4.78 is 12.2. The maximum Gasteiger partial charge on any atom is 0.193 e. The number of nitrogens with zero attached hydrogens (tertiary/aromatic N) is 2. The van der Waals surface area contributed by atoms with Gasteiger partial charge in [0.25, 0.3) is 0 Å². The van der Waals surface area contributed by atoms with Gasteiger partial charge in [-0.05, 0) is 6.07 Å². The number of methoxy groups -OCH3 is 1. The van der Waals surface area contributed by atoms with Gasteiger partial charge in [-0.15, -0.1) is 0 Å². The lowest BCUT2D eigenvalue weighted by Gasteiger charge is -2.11. The number of para-hydroxylation sites is 1. The van der Waals surface area contributed by atoms with Gasteiger partial charge >= 0.3 is 0 Å². The minimum Gasteiger partial charge on any atom is -0.492 e. The van der Waals surface area contributed by atoms with Crippen LogP contribution in [0.1, 0.15) is 22.0 Å². The largest absolute Gasteiger partial charge is 0.492 e. The molecule has 3 rings (SSSR count). The van der Waals surface area contributed by atoms with Crippen LogP contribution in [0.3, 0.4) is 0 Å². The molecule has 1 unspecified atom stereocenters. The Morgan fingerprint density at radius 3 is 3.14 bits per heavy atom. The Bertz CT molecular complexity index is 669. The second-order valence-electron chi connectivity index (χ2n) is 4.82. The van der Waals surface area contributed by atoms with Crippen molar-refractivity contribution in [3.63, 3.8) is 0 Å². The summed E-state index contributed by atoms with van der Waals surface area (Å²) in [6.45, 7) is 1.29. The summed E-state index contributed by atoms with van der Waals surface area (Å²) >= 11 is 6.14. The average Bonchev–Trinajstić information content (AvgIpc) is 3.08. The Kier molecular flexibility index (Phi) is 3.94. The van der Waals surface area contributed by atoms with Crippen LogP contribution in [0.15, 0.2) is 30.5 Å². The normalized spacial score (nSPS) is 16.6. The lowest BCUT2D eigenvalue weighted by Crippen LogP contribution is -2.20. The summed E-state index contributed by atoms with van der Waals surface area (Å²) in [5.74, 6) is 0.352. The first-order valence-corrected chi connectivity index (χ1v) is 7.06. The molecule has 0 aliphatic carbocycles. The molecule has 110 valence electrons. The third-order valence-electron chi connectivity index (χ3n) is 3.55. The minimum absolute atomic E-state index is 0.0708. The topological polar surface area (TPSA) is 53.4 Å². The SMILES string of the molecule is COCCn1ncc(Cl)c1C(=O)C1COc2ccccc21. The van der Waals surface area contributed by atoms with Crippen molar-refractivity contribution in [2.75, 3.05) is 20.3 Å². The molecule has 0 saturated carbocycles. The number of benzene rings is 1. The Labute approximate surface area is 127 Å². The van der Waals surface area contributed by atoms with Crippen molar-refractivity contribution in [3.05, 3.63) is 46.7 Å². The van der Waals surface area contributed by atoms with E-state index < -0.39 is 0 Å². The fourth-order valence-electron chi connectivity index (χ4n) is 2.50. The van der Waals surface area contributed by atoms with Crippen molar-refractivity contribution in [3.8, 4) is 5.75 Å². The van der Waals surface area contributed by atoms with Gasteiger partial charge in [-0.2, -0.15) is 5.10 Å². The van der Waals surface area contributed by atoms with Gasteiger partial charge in [0.05, 0.1) is 30.3 Å². The molecule has 0 fully saturated rings. The van der Waals surface area contributed by atoms with E-state index in [1.54, 1.807) is 11.8 Å². The number of Topliss-reactive ketones (excluding diaryl/α,β-unsaturated/α-hetero) is 1. The van der Waals surface area contributed by atoms with Crippen molar-refractivity contribution in [1.29, 1.82) is 0 Å². The highest BCUT2D eigenvalue weighted by atomic mass is 35.5. The zero-order valence-electron chi connectivity index (χ0n) is 11.6. The van der Waals surface area contributed by atoms with Crippen LogP contribution < -0.4 is 4.74 Å². The number of hydrogen-bond donors (Lipinski definition) is 0. The molecular formula is C15H15ClN2O3. The van der Waals surface area contributed by atoms with E-state index in [0.29, 0.717) is 30.5 Å². The fourth-order valence-corrected chi connectivity index (χ4v) is 2.73. The van der Waals surface area contributed by atoms with Crippen molar-refractivity contribution in [1.82, 2.24) is 9.78 Å². The van der Waals surface area contributed by atoms with Crippen LogP contribution in [-0.4, -0.2) is 35.9 Å². The molecule has 0 spiro atoms. The summed E-state index contributed by atoms with van der Waals surface area (Å²) in [7, 11) is 1.60. The minimum atomic E-state index is -0.336. The molecule has 1 aromatic carbocycles. The number of ether oxygens (including phenoxy) is 2. The van der Waals surface area contributed by atoms with E-state index in [0.717, 1.165) is 11.3 Å². The van der Waals surface area contributed by atoms with Crippen LogP contribution in [0, 0.1) is 0 Å². The summed E-state index contributed by atoms with van der Waals surface area (Å²) in [6, 6.07) is 7.57. The van der Waals surface area contributed by atoms with Gasteiger partial charge in [0.1, 0.15) is 18.1 Å². The van der Waals surface area contributed by atoms with E-state index in [1.165, 1.54) is 6.20 Å². The Hall–Kier alpha value is -1.85. The van der Waals surface area contributed by atoms with Gasteiger partial charge in [-0.3, -0.25) is 9.48 Å². The maximum atomic E-state index is 12.8. The van der Waals surface area contributed by atoms with E-state index in [9.17, 15) is 4.79 Å². The first-order chi connectivity index (χ1) is 10.2. The molecule has 2 heterocycles. The lowest BCUT2D eigenvalue weighted by molar-refractivity contribution is 0.0933. The van der Waals surface area contributed by atoms with Gasteiger partial charge in [-0.25, -0.2) is 0 Å². The monoisotopic (exact) mass is 306 g/mol. The van der Waals surface area contributed by atoms with Gasteiger partial charge in [0, 0.05) is 12.7 Å². The molecule has 1 aromatic heterocycles. The highest BCUT2D eigenvalue weighted by Crippen LogP contribution is 2.36. The van der Waals surface area contributed by atoms with Crippen LogP contribution in [0.4, 0.5) is 0 Å². The Morgan fingerprint density at radius 2 is 2.33 bits per heavy atom. The smallest absolute Gasteiger partial charge is 0.193 e. The number of aromatic nitrogens is 2. The molecular weight excluding hydrogens is 292 g/mol. The molecule has 0 saturated heterocycles. The molecule has 6 heteroatoms. The zero-order valence-corrected chi connectivity index (χ0v) is 12.3. The molecule has 0 bridgehead atoms. The van der Waals surface area contributed by atoms with Crippen LogP contribution in [0.2, 0.25) is 5.02 Å². The molecule has 1 atom stereocenters. The van der Waals surface area contributed by atoms with Crippen molar-refractivity contribution in [2.45, 2.75) is 12.5 Å². The van der Waals surface area contributed by atoms with E-state index in [1.807, 2.05) is 24.3 Å². The first kappa shape index (κ1) is 14.1. The highest BCUT2D eigenvalue weighted by Gasteiger charge is 2.33. The molecule has 2 aromatic rings. The Balaban J connectivity index is 1.91. The molecule has 0 amide bonds. The van der Waals surface area contributed by atoms with E-state index >= 15 is 0 Å².